The number of nitrogens with zero attached hydrogens (tertiary/aromatic N) is 3. The molecule has 1 heterocycles. The molecule has 24 heavy (non-hydrogen) atoms. The first-order chi connectivity index (χ1) is 11.7. The summed E-state index contributed by atoms with van der Waals surface area (Å²) in [5.74, 6) is -0.313. The Balaban J connectivity index is 2.21. The summed E-state index contributed by atoms with van der Waals surface area (Å²) in [6.07, 6.45) is 3.73. The van der Waals surface area contributed by atoms with Crippen LogP contribution in [0.15, 0.2) is 42.6 Å². The van der Waals surface area contributed by atoms with Gasteiger partial charge in [0.2, 0.25) is 0 Å². The molecule has 0 bridgehead atoms. The average Bonchev–Trinajstić information content (AvgIpc) is 2.62. The lowest BCUT2D eigenvalue weighted by molar-refractivity contribution is 0.102. The van der Waals surface area contributed by atoms with Crippen molar-refractivity contribution in [1.82, 2.24) is 4.98 Å². The van der Waals surface area contributed by atoms with E-state index in [9.17, 15) is 4.79 Å². The largest absolute Gasteiger partial charge is 0.371 e. The van der Waals surface area contributed by atoms with Crippen LogP contribution in [0.1, 0.15) is 42.7 Å². The Morgan fingerprint density at radius 2 is 1.92 bits per heavy atom. The maximum absolute atomic E-state index is 12.5. The first-order valence-corrected chi connectivity index (χ1v) is 8.21. The molecule has 0 saturated heterocycles. The predicted octanol–water partition coefficient (Wildman–Crippen LogP) is 3.83. The number of benzene rings is 1. The molecule has 0 radical (unpaired) electrons. The van der Waals surface area contributed by atoms with Crippen LogP contribution in [0.25, 0.3) is 0 Å². The van der Waals surface area contributed by atoms with Crippen molar-refractivity contribution in [3.63, 3.8) is 0 Å². The van der Waals surface area contributed by atoms with E-state index in [0.717, 1.165) is 31.6 Å². The van der Waals surface area contributed by atoms with Gasteiger partial charge in [0.1, 0.15) is 11.8 Å². The van der Waals surface area contributed by atoms with Gasteiger partial charge in [0.25, 0.3) is 5.91 Å². The van der Waals surface area contributed by atoms with Gasteiger partial charge >= 0.3 is 0 Å². The smallest absolute Gasteiger partial charge is 0.274 e. The van der Waals surface area contributed by atoms with Crippen LogP contribution in [0.2, 0.25) is 0 Å². The summed E-state index contributed by atoms with van der Waals surface area (Å²) in [5.41, 5.74) is 2.27. The lowest BCUT2D eigenvalue weighted by atomic mass is 10.2. The van der Waals surface area contributed by atoms with E-state index < -0.39 is 0 Å². The van der Waals surface area contributed by atoms with Gasteiger partial charge in [-0.15, -0.1) is 0 Å². The third-order valence-electron chi connectivity index (χ3n) is 3.62. The van der Waals surface area contributed by atoms with Gasteiger partial charge in [0, 0.05) is 25.0 Å². The Hall–Kier alpha value is -2.87. The second-order valence-electron chi connectivity index (χ2n) is 5.50. The number of aromatic nitrogens is 1. The Morgan fingerprint density at radius 3 is 2.58 bits per heavy atom. The highest BCUT2D eigenvalue weighted by Gasteiger charge is 2.13. The summed E-state index contributed by atoms with van der Waals surface area (Å²) in [4.78, 5) is 18.9. The van der Waals surface area contributed by atoms with E-state index in [2.05, 4.69) is 35.1 Å². The van der Waals surface area contributed by atoms with Crippen LogP contribution in [0.3, 0.4) is 0 Å². The molecular formula is C19H22N4O. The standard InChI is InChI=1S/C19H22N4O/c1-3-11-23(12-4-2)16-9-10-21-18(13-16)19(24)22-17-8-6-5-7-15(17)14-20/h5-10,13H,3-4,11-12H2,1-2H3,(H,22,24). The van der Waals surface area contributed by atoms with E-state index >= 15 is 0 Å². The third kappa shape index (κ3) is 4.32. The molecule has 2 aromatic rings. The summed E-state index contributed by atoms with van der Waals surface area (Å²) in [6, 6.07) is 12.7. The second kappa shape index (κ2) is 8.68. The molecule has 0 aliphatic carbocycles. The van der Waals surface area contributed by atoms with E-state index in [1.807, 2.05) is 6.07 Å². The molecule has 5 nitrogen and oxygen atoms in total. The molecule has 0 fully saturated rings. The van der Waals surface area contributed by atoms with Gasteiger partial charge in [0.15, 0.2) is 0 Å². The van der Waals surface area contributed by atoms with Crippen molar-refractivity contribution in [2.75, 3.05) is 23.3 Å². The normalized spacial score (nSPS) is 10.0. The fourth-order valence-corrected chi connectivity index (χ4v) is 2.53. The summed E-state index contributed by atoms with van der Waals surface area (Å²) in [6.45, 7) is 6.15. The molecule has 1 aromatic carbocycles. The van der Waals surface area contributed by atoms with E-state index in [4.69, 9.17) is 5.26 Å². The Bertz CT molecular complexity index is 730. The topological polar surface area (TPSA) is 69.0 Å². The SMILES string of the molecule is CCCN(CCC)c1ccnc(C(=O)Nc2ccccc2C#N)c1. The molecule has 0 unspecified atom stereocenters. The van der Waals surface area contributed by atoms with Crippen molar-refractivity contribution in [3.05, 3.63) is 53.9 Å². The zero-order valence-corrected chi connectivity index (χ0v) is 14.1. The van der Waals surface area contributed by atoms with Crippen LogP contribution >= 0.6 is 0 Å². The van der Waals surface area contributed by atoms with E-state index in [1.54, 1.807) is 36.5 Å². The monoisotopic (exact) mass is 322 g/mol. The van der Waals surface area contributed by atoms with Crippen LogP contribution in [0.4, 0.5) is 11.4 Å². The maximum Gasteiger partial charge on any atom is 0.274 e. The number of hydrogen-bond acceptors (Lipinski definition) is 4. The number of amides is 1. The van der Waals surface area contributed by atoms with Crippen LogP contribution in [0.5, 0.6) is 0 Å². The highest BCUT2D eigenvalue weighted by molar-refractivity contribution is 6.04. The van der Waals surface area contributed by atoms with Gasteiger partial charge in [0.05, 0.1) is 11.3 Å². The highest BCUT2D eigenvalue weighted by Crippen LogP contribution is 2.18. The van der Waals surface area contributed by atoms with Gasteiger partial charge < -0.3 is 10.2 Å². The van der Waals surface area contributed by atoms with Crippen molar-refractivity contribution in [3.8, 4) is 6.07 Å². The number of anilines is 2. The van der Waals surface area contributed by atoms with E-state index in [1.165, 1.54) is 0 Å². The molecular weight excluding hydrogens is 300 g/mol. The average molecular weight is 322 g/mol. The van der Waals surface area contributed by atoms with Gasteiger partial charge in [-0.3, -0.25) is 9.78 Å². The first-order valence-electron chi connectivity index (χ1n) is 8.21. The number of nitrogens with one attached hydrogen (secondary N) is 1. The number of pyridine rings is 1. The lowest BCUT2D eigenvalue weighted by Gasteiger charge is -2.23. The molecule has 1 aromatic heterocycles. The zero-order chi connectivity index (χ0) is 17.4. The molecule has 0 aliphatic heterocycles. The second-order valence-corrected chi connectivity index (χ2v) is 5.50. The Labute approximate surface area is 142 Å². The minimum Gasteiger partial charge on any atom is -0.371 e. The molecule has 124 valence electrons. The number of hydrogen-bond donors (Lipinski definition) is 1. The highest BCUT2D eigenvalue weighted by atomic mass is 16.1. The fraction of sp³-hybridized carbons (Fsp3) is 0.316. The number of nitriles is 1. The Morgan fingerprint density at radius 1 is 1.21 bits per heavy atom. The van der Waals surface area contributed by atoms with Gasteiger partial charge in [-0.25, -0.2) is 0 Å². The molecule has 0 spiro atoms. The Kier molecular flexibility index (Phi) is 6.32. The van der Waals surface area contributed by atoms with Gasteiger partial charge in [-0.1, -0.05) is 26.0 Å². The van der Waals surface area contributed by atoms with Crippen LogP contribution in [-0.4, -0.2) is 24.0 Å². The number of para-hydroxylation sites is 1. The van der Waals surface area contributed by atoms with Gasteiger partial charge in [-0.2, -0.15) is 5.26 Å². The summed E-state index contributed by atoms with van der Waals surface area (Å²) in [7, 11) is 0. The third-order valence-corrected chi connectivity index (χ3v) is 3.62. The molecule has 2 rings (SSSR count). The number of carbonyl (C=O) groups excluding carboxylic acids is 1. The molecule has 1 amide bonds. The molecule has 0 saturated carbocycles. The summed E-state index contributed by atoms with van der Waals surface area (Å²) in [5, 5.41) is 11.9. The van der Waals surface area contributed by atoms with Crippen LogP contribution in [0, 0.1) is 11.3 Å². The summed E-state index contributed by atoms with van der Waals surface area (Å²) >= 11 is 0. The molecule has 0 aliphatic rings. The van der Waals surface area contributed by atoms with Crippen LogP contribution < -0.4 is 10.2 Å². The van der Waals surface area contributed by atoms with E-state index in [0.29, 0.717) is 16.9 Å². The van der Waals surface area contributed by atoms with Crippen LogP contribution in [-0.2, 0) is 0 Å². The zero-order valence-electron chi connectivity index (χ0n) is 14.1. The minimum atomic E-state index is -0.313. The van der Waals surface area contributed by atoms with Crippen molar-refractivity contribution < 1.29 is 4.79 Å². The van der Waals surface area contributed by atoms with Crippen molar-refractivity contribution in [2.45, 2.75) is 26.7 Å². The predicted molar refractivity (Wildman–Crippen MR) is 96.1 cm³/mol. The number of carbonyl (C=O) groups is 1. The van der Waals surface area contributed by atoms with E-state index in [-0.39, 0.29) is 5.91 Å². The molecule has 0 atom stereocenters. The van der Waals surface area contributed by atoms with Crippen molar-refractivity contribution >= 4 is 17.3 Å². The quantitative estimate of drug-likeness (QED) is 0.841. The summed E-state index contributed by atoms with van der Waals surface area (Å²) < 4.78 is 0. The number of rotatable bonds is 7. The fourth-order valence-electron chi connectivity index (χ4n) is 2.53. The molecule has 5 heteroatoms. The van der Waals surface area contributed by atoms with Gasteiger partial charge in [-0.05, 0) is 37.1 Å². The maximum atomic E-state index is 12.5. The van der Waals surface area contributed by atoms with Crippen molar-refractivity contribution in [2.24, 2.45) is 0 Å². The minimum absolute atomic E-state index is 0.313. The lowest BCUT2D eigenvalue weighted by Crippen LogP contribution is -2.25. The first kappa shape index (κ1) is 17.5. The van der Waals surface area contributed by atoms with Crippen molar-refractivity contribution in [1.29, 1.82) is 5.26 Å². The molecule has 1 N–H and O–H groups in total.